The molecule has 0 unspecified atom stereocenters. The highest BCUT2D eigenvalue weighted by Crippen LogP contribution is 2.31. The molecule has 0 aliphatic carbocycles. The van der Waals surface area contributed by atoms with Crippen molar-refractivity contribution in [2.45, 2.75) is 20.0 Å². The third kappa shape index (κ3) is 3.87. The Kier molecular flexibility index (Phi) is 4.59. The van der Waals surface area contributed by atoms with Crippen LogP contribution in [0.2, 0.25) is 0 Å². The second-order valence-corrected chi connectivity index (χ2v) is 3.88. The Hall–Kier alpha value is -2.25. The number of halogens is 4. The van der Waals surface area contributed by atoms with E-state index >= 15 is 0 Å². The van der Waals surface area contributed by atoms with Crippen LogP contribution in [-0.2, 0) is 15.8 Å². The van der Waals surface area contributed by atoms with Gasteiger partial charge in [0, 0.05) is 13.8 Å². The number of rotatable bonds is 4. The maximum absolute atomic E-state index is 13.3. The molecule has 1 rings (SSSR count). The number of anilines is 1. The Bertz CT molecular complexity index is 563. The maximum atomic E-state index is 13.3. The lowest BCUT2D eigenvalue weighted by Crippen LogP contribution is -2.20. The lowest BCUT2D eigenvalue weighted by molar-refractivity contribution is -0.137. The van der Waals surface area contributed by atoms with Crippen LogP contribution in [-0.4, -0.2) is 17.3 Å². The van der Waals surface area contributed by atoms with E-state index in [1.165, 1.54) is 0 Å². The Morgan fingerprint density at radius 2 is 1.70 bits per heavy atom. The third-order valence-electron chi connectivity index (χ3n) is 2.25. The van der Waals surface area contributed by atoms with E-state index in [4.69, 9.17) is 0 Å². The zero-order valence-corrected chi connectivity index (χ0v) is 10.5. The number of benzene rings is 1. The van der Waals surface area contributed by atoms with Crippen molar-refractivity contribution in [2.75, 3.05) is 5.43 Å². The van der Waals surface area contributed by atoms with E-state index < -0.39 is 40.5 Å². The van der Waals surface area contributed by atoms with Crippen LogP contribution in [0.3, 0.4) is 0 Å². The summed E-state index contributed by atoms with van der Waals surface area (Å²) in [5.74, 6) is -2.36. The van der Waals surface area contributed by atoms with Gasteiger partial charge in [-0.1, -0.05) is 0 Å². The van der Waals surface area contributed by atoms with E-state index in [2.05, 4.69) is 5.10 Å². The monoisotopic (exact) mass is 290 g/mol. The minimum atomic E-state index is -4.64. The maximum Gasteiger partial charge on any atom is 0.416 e. The van der Waals surface area contributed by atoms with Gasteiger partial charge in [0.15, 0.2) is 17.3 Å². The van der Waals surface area contributed by atoms with E-state index in [-0.39, 0.29) is 0 Å². The van der Waals surface area contributed by atoms with Gasteiger partial charge in [0.05, 0.1) is 11.3 Å². The van der Waals surface area contributed by atoms with Gasteiger partial charge in [-0.3, -0.25) is 15.0 Å². The lowest BCUT2D eigenvalue weighted by Gasteiger charge is -2.09. The second kappa shape index (κ2) is 5.81. The molecule has 0 atom stereocenters. The first-order valence-corrected chi connectivity index (χ1v) is 5.35. The predicted molar refractivity (Wildman–Crippen MR) is 63.8 cm³/mol. The molecule has 0 saturated heterocycles. The fraction of sp³-hybridized carbons (Fsp3) is 0.250. The highest BCUT2D eigenvalue weighted by molar-refractivity contribution is 6.65. The molecule has 0 radical (unpaired) electrons. The average molecular weight is 290 g/mol. The molecule has 0 heterocycles. The average Bonchev–Trinajstić information content (AvgIpc) is 2.29. The highest BCUT2D eigenvalue weighted by Gasteiger charge is 2.31. The van der Waals surface area contributed by atoms with Crippen molar-refractivity contribution in [3.8, 4) is 0 Å². The topological polar surface area (TPSA) is 58.5 Å². The van der Waals surface area contributed by atoms with Crippen LogP contribution in [0.15, 0.2) is 23.3 Å². The molecular formula is C12H10F4N2O2. The van der Waals surface area contributed by atoms with Gasteiger partial charge in [-0.2, -0.15) is 18.3 Å². The second-order valence-electron chi connectivity index (χ2n) is 3.88. The summed E-state index contributed by atoms with van der Waals surface area (Å²) in [5.41, 5.74) is -0.216. The quantitative estimate of drug-likeness (QED) is 0.401. The molecule has 0 bridgehead atoms. The molecule has 0 aliphatic rings. The zero-order chi connectivity index (χ0) is 15.5. The molecule has 1 N–H and O–H groups in total. The number of carbonyl (C=O) groups excluding carboxylic acids is 2. The van der Waals surface area contributed by atoms with Crippen LogP contribution in [0, 0.1) is 5.82 Å². The summed E-state index contributed by atoms with van der Waals surface area (Å²) in [5, 5.41) is 3.34. The number of carbonyl (C=O) groups is 2. The molecule has 20 heavy (non-hydrogen) atoms. The molecular weight excluding hydrogens is 280 g/mol. The smallest absolute Gasteiger partial charge is 0.293 e. The van der Waals surface area contributed by atoms with E-state index in [0.29, 0.717) is 18.2 Å². The van der Waals surface area contributed by atoms with Gasteiger partial charge in [0.25, 0.3) is 0 Å². The number of hydrazone groups is 1. The summed E-state index contributed by atoms with van der Waals surface area (Å²) >= 11 is 0. The number of hydrogen-bond donors (Lipinski definition) is 1. The first-order valence-electron chi connectivity index (χ1n) is 5.35. The molecule has 0 amide bonds. The Morgan fingerprint density at radius 3 is 2.15 bits per heavy atom. The van der Waals surface area contributed by atoms with Crippen LogP contribution >= 0.6 is 0 Å². The largest absolute Gasteiger partial charge is 0.416 e. The standard InChI is InChI=1S/C12H10F4N2O2/c1-6(19)11(7(2)20)18-17-10-5-8(12(14,15)16)3-4-9(10)13/h3-5,17H,1-2H3. The molecule has 0 fully saturated rings. The van der Waals surface area contributed by atoms with E-state index in [1.54, 1.807) is 0 Å². The van der Waals surface area contributed by atoms with Gasteiger partial charge in [-0.15, -0.1) is 0 Å². The molecule has 0 aliphatic heterocycles. The minimum absolute atomic E-state index is 0.497. The van der Waals surface area contributed by atoms with Gasteiger partial charge >= 0.3 is 6.18 Å². The number of ketones is 2. The summed E-state index contributed by atoms with van der Waals surface area (Å²) in [6.45, 7) is 2.12. The highest BCUT2D eigenvalue weighted by atomic mass is 19.4. The molecule has 4 nitrogen and oxygen atoms in total. The Balaban J connectivity index is 3.12. The van der Waals surface area contributed by atoms with Crippen molar-refractivity contribution in [1.29, 1.82) is 0 Å². The van der Waals surface area contributed by atoms with Crippen molar-refractivity contribution in [2.24, 2.45) is 5.10 Å². The minimum Gasteiger partial charge on any atom is -0.293 e. The summed E-state index contributed by atoms with van der Waals surface area (Å²) in [7, 11) is 0. The van der Waals surface area contributed by atoms with Gasteiger partial charge < -0.3 is 0 Å². The molecule has 0 spiro atoms. The lowest BCUT2D eigenvalue weighted by atomic mass is 10.2. The van der Waals surface area contributed by atoms with Crippen LogP contribution < -0.4 is 5.43 Å². The number of nitrogens with zero attached hydrogens (tertiary/aromatic N) is 1. The Morgan fingerprint density at radius 1 is 1.15 bits per heavy atom. The van der Waals surface area contributed by atoms with E-state index in [0.717, 1.165) is 13.8 Å². The normalized spacial score (nSPS) is 10.9. The van der Waals surface area contributed by atoms with Gasteiger partial charge in [-0.25, -0.2) is 4.39 Å². The third-order valence-corrected chi connectivity index (χ3v) is 2.25. The fourth-order valence-electron chi connectivity index (χ4n) is 1.31. The first kappa shape index (κ1) is 15.8. The van der Waals surface area contributed by atoms with Crippen LogP contribution in [0.5, 0.6) is 0 Å². The molecule has 108 valence electrons. The van der Waals surface area contributed by atoms with Crippen molar-refractivity contribution in [1.82, 2.24) is 0 Å². The first-order chi connectivity index (χ1) is 9.12. The van der Waals surface area contributed by atoms with E-state index in [1.807, 2.05) is 5.43 Å². The SMILES string of the molecule is CC(=O)C(=NNc1cc(C(F)(F)F)ccc1F)C(C)=O. The number of nitrogens with one attached hydrogen (secondary N) is 1. The number of hydrogen-bond acceptors (Lipinski definition) is 4. The number of alkyl halides is 3. The summed E-state index contributed by atoms with van der Waals surface area (Å²) in [6, 6.07) is 1.68. The van der Waals surface area contributed by atoms with Crippen LogP contribution in [0.25, 0.3) is 0 Å². The molecule has 1 aromatic carbocycles. The Labute approximate surface area is 111 Å². The van der Waals surface area contributed by atoms with Gasteiger partial charge in [0.2, 0.25) is 0 Å². The van der Waals surface area contributed by atoms with Crippen LogP contribution in [0.4, 0.5) is 23.2 Å². The molecule has 0 saturated carbocycles. The van der Waals surface area contributed by atoms with Crippen LogP contribution in [0.1, 0.15) is 19.4 Å². The van der Waals surface area contributed by atoms with E-state index in [9.17, 15) is 27.2 Å². The van der Waals surface area contributed by atoms with Crippen molar-refractivity contribution in [3.63, 3.8) is 0 Å². The molecule has 0 aromatic heterocycles. The van der Waals surface area contributed by atoms with Crippen molar-refractivity contribution < 1.29 is 27.2 Å². The van der Waals surface area contributed by atoms with Crippen molar-refractivity contribution in [3.05, 3.63) is 29.6 Å². The summed E-state index contributed by atoms with van der Waals surface area (Å²) in [6.07, 6.45) is -4.64. The summed E-state index contributed by atoms with van der Waals surface area (Å²) in [4.78, 5) is 22.1. The summed E-state index contributed by atoms with van der Waals surface area (Å²) < 4.78 is 50.7. The number of Topliss-reactive ketones (excluding diaryl/α,β-unsaturated/α-hetero) is 2. The van der Waals surface area contributed by atoms with Gasteiger partial charge in [0.1, 0.15) is 5.82 Å². The zero-order valence-electron chi connectivity index (χ0n) is 10.5. The fourth-order valence-corrected chi connectivity index (χ4v) is 1.31. The van der Waals surface area contributed by atoms with Gasteiger partial charge in [-0.05, 0) is 18.2 Å². The predicted octanol–water partition coefficient (Wildman–Crippen LogP) is 2.79. The van der Waals surface area contributed by atoms with Crippen molar-refractivity contribution >= 4 is 23.0 Å². The molecule has 1 aromatic rings. The molecule has 8 heteroatoms.